The maximum atomic E-state index is 5.77. The highest BCUT2D eigenvalue weighted by atomic mass is 32.1. The van der Waals surface area contributed by atoms with Gasteiger partial charge < -0.3 is 9.57 Å². The molecule has 2 saturated heterocycles. The van der Waals surface area contributed by atoms with Crippen molar-refractivity contribution in [3.63, 3.8) is 0 Å². The Morgan fingerprint density at radius 1 is 1.60 bits per heavy atom. The van der Waals surface area contributed by atoms with E-state index >= 15 is 0 Å². The lowest BCUT2D eigenvalue weighted by Crippen LogP contribution is -2.48. The van der Waals surface area contributed by atoms with Gasteiger partial charge in [-0.25, -0.2) is 0 Å². The van der Waals surface area contributed by atoms with Gasteiger partial charge in [0, 0.05) is 17.4 Å². The van der Waals surface area contributed by atoms with Crippen LogP contribution in [0.1, 0.15) is 11.3 Å². The molecule has 1 aromatic heterocycles. The number of thiophene rings is 1. The average molecular weight is 221 g/mol. The van der Waals surface area contributed by atoms with Crippen molar-refractivity contribution in [1.82, 2.24) is 5.48 Å². The SMILES string of the molecule is [B]c1csc([C@]23COCC[C@H]2CON3)c1. The molecule has 0 saturated carbocycles. The molecule has 0 unspecified atom stereocenters. The van der Waals surface area contributed by atoms with Gasteiger partial charge in [-0.1, -0.05) is 11.5 Å². The summed E-state index contributed by atoms with van der Waals surface area (Å²) in [7, 11) is 5.77. The molecule has 3 heterocycles. The highest BCUT2D eigenvalue weighted by Crippen LogP contribution is 2.40. The Morgan fingerprint density at radius 2 is 2.53 bits per heavy atom. The molecule has 2 atom stereocenters. The van der Waals surface area contributed by atoms with E-state index in [0.717, 1.165) is 25.1 Å². The van der Waals surface area contributed by atoms with Gasteiger partial charge in [0.2, 0.25) is 0 Å². The molecule has 3 rings (SSSR count). The number of hydrogen-bond donors (Lipinski definition) is 1. The van der Waals surface area contributed by atoms with E-state index in [-0.39, 0.29) is 5.54 Å². The van der Waals surface area contributed by atoms with Crippen molar-refractivity contribution in [2.24, 2.45) is 5.92 Å². The van der Waals surface area contributed by atoms with Crippen LogP contribution in [-0.4, -0.2) is 27.7 Å². The topological polar surface area (TPSA) is 30.5 Å². The van der Waals surface area contributed by atoms with Crippen LogP contribution < -0.4 is 10.9 Å². The first kappa shape index (κ1) is 9.84. The first-order chi connectivity index (χ1) is 7.31. The summed E-state index contributed by atoms with van der Waals surface area (Å²) < 4.78 is 5.57. The fourth-order valence-corrected chi connectivity index (χ4v) is 3.35. The number of rotatable bonds is 1. The van der Waals surface area contributed by atoms with Crippen molar-refractivity contribution < 1.29 is 9.57 Å². The van der Waals surface area contributed by atoms with Crippen LogP contribution in [0.3, 0.4) is 0 Å². The fourth-order valence-electron chi connectivity index (χ4n) is 2.34. The van der Waals surface area contributed by atoms with E-state index in [1.165, 1.54) is 4.88 Å². The molecule has 2 fully saturated rings. The second-order valence-electron chi connectivity index (χ2n) is 4.17. The van der Waals surface area contributed by atoms with Crippen LogP contribution in [0.2, 0.25) is 0 Å². The lowest BCUT2D eigenvalue weighted by molar-refractivity contribution is -0.0191. The van der Waals surface area contributed by atoms with Gasteiger partial charge in [0.25, 0.3) is 0 Å². The van der Waals surface area contributed by atoms with Gasteiger partial charge in [-0.2, -0.15) is 5.48 Å². The third-order valence-corrected chi connectivity index (χ3v) is 4.36. The van der Waals surface area contributed by atoms with Gasteiger partial charge in [0.15, 0.2) is 0 Å². The van der Waals surface area contributed by atoms with Crippen LogP contribution in [0.25, 0.3) is 0 Å². The molecule has 3 nitrogen and oxygen atoms in total. The van der Waals surface area contributed by atoms with Gasteiger partial charge >= 0.3 is 0 Å². The Morgan fingerprint density at radius 3 is 3.33 bits per heavy atom. The zero-order chi connectivity index (χ0) is 10.3. The fraction of sp³-hybridized carbons (Fsp3) is 0.600. The molecule has 0 aromatic carbocycles. The maximum Gasteiger partial charge on any atom is 0.114 e. The Hall–Kier alpha value is -0.355. The Balaban J connectivity index is 1.99. The minimum atomic E-state index is -0.152. The Labute approximate surface area is 94.1 Å². The summed E-state index contributed by atoms with van der Waals surface area (Å²) in [4.78, 5) is 6.62. The van der Waals surface area contributed by atoms with Gasteiger partial charge in [-0.3, -0.25) is 0 Å². The highest BCUT2D eigenvalue weighted by Gasteiger charge is 2.48. The molecular formula is C10H12BNO2S. The van der Waals surface area contributed by atoms with E-state index in [2.05, 4.69) is 5.48 Å². The molecule has 0 aliphatic carbocycles. The molecule has 0 spiro atoms. The summed E-state index contributed by atoms with van der Waals surface area (Å²) in [6.45, 7) is 2.27. The molecule has 0 bridgehead atoms. The van der Waals surface area contributed by atoms with Crippen LogP contribution in [0, 0.1) is 5.92 Å². The third kappa shape index (κ3) is 1.46. The molecule has 1 N–H and O–H groups in total. The highest BCUT2D eigenvalue weighted by molar-refractivity contribution is 7.11. The molecule has 5 heteroatoms. The lowest BCUT2D eigenvalue weighted by Gasteiger charge is -2.36. The van der Waals surface area contributed by atoms with E-state index in [9.17, 15) is 0 Å². The summed E-state index contributed by atoms with van der Waals surface area (Å²) in [5, 5.41) is 1.97. The van der Waals surface area contributed by atoms with Crippen LogP contribution >= 0.6 is 11.3 Å². The van der Waals surface area contributed by atoms with Crippen molar-refractivity contribution >= 4 is 24.6 Å². The molecule has 1 aromatic rings. The second-order valence-corrected chi connectivity index (χ2v) is 5.08. The average Bonchev–Trinajstić information content (AvgIpc) is 2.83. The smallest absolute Gasteiger partial charge is 0.114 e. The molecule has 15 heavy (non-hydrogen) atoms. The van der Waals surface area contributed by atoms with Gasteiger partial charge in [-0.05, 0) is 11.8 Å². The summed E-state index contributed by atoms with van der Waals surface area (Å²) >= 11 is 1.68. The molecule has 2 aliphatic rings. The lowest BCUT2D eigenvalue weighted by atomic mass is 9.81. The number of ether oxygens (including phenoxy) is 1. The predicted octanol–water partition coefficient (Wildman–Crippen LogP) is 0.309. The standard InChI is InChI=1S/C10H12BNO2S/c11-8-3-9(15-5-8)10-6-13-2-1-7(10)4-14-12-10/h3,5,7,12H,1-2,4,6H2/t7-,10-/m0/s1. The Kier molecular flexibility index (Phi) is 2.36. The normalized spacial score (nSPS) is 35.3. The summed E-state index contributed by atoms with van der Waals surface area (Å²) in [5.74, 6) is 0.504. The van der Waals surface area contributed by atoms with Crippen LogP contribution in [0.5, 0.6) is 0 Å². The van der Waals surface area contributed by atoms with Crippen molar-refractivity contribution in [3.8, 4) is 0 Å². The zero-order valence-electron chi connectivity index (χ0n) is 8.36. The summed E-state index contributed by atoms with van der Waals surface area (Å²) in [6, 6.07) is 2.02. The van der Waals surface area contributed by atoms with E-state index in [1.54, 1.807) is 11.3 Å². The number of nitrogens with one attached hydrogen (secondary N) is 1. The Bertz CT molecular complexity index is 370. The molecule has 78 valence electrons. The largest absolute Gasteiger partial charge is 0.379 e. The first-order valence-corrected chi connectivity index (χ1v) is 6.00. The van der Waals surface area contributed by atoms with E-state index in [1.807, 2.05) is 11.4 Å². The maximum absolute atomic E-state index is 5.77. The molecular weight excluding hydrogens is 209 g/mol. The molecule has 2 aliphatic heterocycles. The molecule has 2 radical (unpaired) electrons. The minimum absolute atomic E-state index is 0.152. The van der Waals surface area contributed by atoms with Crippen LogP contribution in [-0.2, 0) is 15.1 Å². The number of hydroxylamine groups is 1. The third-order valence-electron chi connectivity index (χ3n) is 3.24. The van der Waals surface area contributed by atoms with Crippen molar-refractivity contribution in [2.75, 3.05) is 19.8 Å². The van der Waals surface area contributed by atoms with E-state index in [0.29, 0.717) is 12.5 Å². The van der Waals surface area contributed by atoms with Gasteiger partial charge in [-0.15, -0.1) is 11.3 Å². The predicted molar refractivity (Wildman–Crippen MR) is 59.4 cm³/mol. The quantitative estimate of drug-likeness (QED) is 0.692. The summed E-state index contributed by atoms with van der Waals surface area (Å²) in [5.41, 5.74) is 3.80. The monoisotopic (exact) mass is 221 g/mol. The molecule has 0 amide bonds. The number of hydrogen-bond acceptors (Lipinski definition) is 4. The minimum Gasteiger partial charge on any atom is -0.379 e. The van der Waals surface area contributed by atoms with E-state index < -0.39 is 0 Å². The summed E-state index contributed by atoms with van der Waals surface area (Å²) in [6.07, 6.45) is 1.05. The van der Waals surface area contributed by atoms with Crippen molar-refractivity contribution in [3.05, 3.63) is 16.3 Å². The van der Waals surface area contributed by atoms with Crippen molar-refractivity contribution in [1.29, 1.82) is 0 Å². The first-order valence-electron chi connectivity index (χ1n) is 5.12. The van der Waals surface area contributed by atoms with Gasteiger partial charge in [0.05, 0.1) is 13.2 Å². The second kappa shape index (κ2) is 3.59. The zero-order valence-corrected chi connectivity index (χ0v) is 9.18. The van der Waals surface area contributed by atoms with E-state index in [4.69, 9.17) is 17.4 Å². The van der Waals surface area contributed by atoms with Gasteiger partial charge in [0.1, 0.15) is 13.4 Å². The van der Waals surface area contributed by atoms with Crippen LogP contribution in [0.15, 0.2) is 11.4 Å². The van der Waals surface area contributed by atoms with Crippen LogP contribution in [0.4, 0.5) is 0 Å². The number of fused-ring (bicyclic) bond motifs is 1. The van der Waals surface area contributed by atoms with Crippen molar-refractivity contribution in [2.45, 2.75) is 12.0 Å².